The topological polar surface area (TPSA) is 70.7 Å². The smallest absolute Gasteiger partial charge is 0.343 e. The van der Waals surface area contributed by atoms with Crippen molar-refractivity contribution in [1.82, 2.24) is 10.2 Å². The molecular weight excluding hydrogens is 470 g/mol. The van der Waals surface area contributed by atoms with E-state index >= 15 is 0 Å². The van der Waals surface area contributed by atoms with E-state index in [9.17, 15) is 9.59 Å². The predicted molar refractivity (Wildman–Crippen MR) is 140 cm³/mol. The number of benzene rings is 3. The molecule has 0 saturated heterocycles. The summed E-state index contributed by atoms with van der Waals surface area (Å²) >= 11 is 1.68. The van der Waals surface area contributed by atoms with Gasteiger partial charge in [0.25, 0.3) is 5.91 Å². The summed E-state index contributed by atoms with van der Waals surface area (Å²) in [6.45, 7) is 2.69. The molecule has 180 valence electrons. The molecule has 0 fully saturated rings. The summed E-state index contributed by atoms with van der Waals surface area (Å²) in [7, 11) is 0. The first-order valence-electron chi connectivity index (χ1n) is 12.0. The summed E-state index contributed by atoms with van der Waals surface area (Å²) in [5, 5.41) is 7.54. The summed E-state index contributed by atoms with van der Waals surface area (Å²) in [4.78, 5) is 29.1. The fourth-order valence-electron chi connectivity index (χ4n) is 4.78. The maximum Gasteiger partial charge on any atom is 0.343 e. The van der Waals surface area contributed by atoms with Crippen molar-refractivity contribution < 1.29 is 14.3 Å². The number of nitrogens with one attached hydrogen (secondary N) is 2. The molecule has 0 aliphatic carbocycles. The van der Waals surface area contributed by atoms with Crippen molar-refractivity contribution in [3.8, 4) is 5.75 Å². The molecule has 3 heterocycles. The fourth-order valence-corrected chi connectivity index (χ4v) is 6.10. The number of hydrogen-bond donors (Lipinski definition) is 2. The number of amides is 1. The lowest BCUT2D eigenvalue weighted by Gasteiger charge is -2.28. The average molecular weight is 496 g/mol. The van der Waals surface area contributed by atoms with Crippen molar-refractivity contribution in [2.45, 2.75) is 25.7 Å². The first kappa shape index (κ1) is 22.5. The van der Waals surface area contributed by atoms with Crippen molar-refractivity contribution >= 4 is 28.2 Å². The van der Waals surface area contributed by atoms with Crippen molar-refractivity contribution in [2.75, 3.05) is 11.9 Å². The molecule has 36 heavy (non-hydrogen) atoms. The van der Waals surface area contributed by atoms with Crippen LogP contribution < -0.4 is 15.4 Å². The van der Waals surface area contributed by atoms with Crippen LogP contribution >= 0.6 is 11.3 Å². The van der Waals surface area contributed by atoms with Crippen LogP contribution in [0.1, 0.15) is 48.4 Å². The van der Waals surface area contributed by atoms with Gasteiger partial charge in [0.15, 0.2) is 0 Å². The molecule has 0 spiro atoms. The van der Waals surface area contributed by atoms with E-state index in [4.69, 9.17) is 4.74 Å². The Hall–Kier alpha value is -3.94. The van der Waals surface area contributed by atoms with Gasteiger partial charge < -0.3 is 15.4 Å². The molecule has 0 radical (unpaired) electrons. The molecule has 3 aromatic carbocycles. The second kappa shape index (κ2) is 9.60. The van der Waals surface area contributed by atoms with Gasteiger partial charge in [0.2, 0.25) is 0 Å². The van der Waals surface area contributed by atoms with E-state index in [1.54, 1.807) is 47.7 Å². The number of anilines is 1. The summed E-state index contributed by atoms with van der Waals surface area (Å²) in [5.74, 6) is 0.0189. The molecule has 2 N–H and O–H groups in total. The fraction of sp³-hybridized carbons (Fsp3) is 0.172. The molecule has 2 aliphatic heterocycles. The van der Waals surface area contributed by atoms with Gasteiger partial charge in [-0.3, -0.25) is 9.69 Å². The molecule has 0 saturated carbocycles. The summed E-state index contributed by atoms with van der Waals surface area (Å²) in [5.41, 5.74) is 4.66. The van der Waals surface area contributed by atoms with Crippen molar-refractivity contribution in [3.05, 3.63) is 118 Å². The Morgan fingerprint density at radius 1 is 0.944 bits per heavy atom. The quantitative estimate of drug-likeness (QED) is 0.287. The maximum absolute atomic E-state index is 13.1. The maximum atomic E-state index is 13.1. The molecular formula is C29H25N3O3S. The van der Waals surface area contributed by atoms with Crippen LogP contribution in [0.25, 0.3) is 0 Å². The lowest BCUT2D eigenvalue weighted by Crippen LogP contribution is -2.38. The zero-order chi connectivity index (χ0) is 24.5. The van der Waals surface area contributed by atoms with Gasteiger partial charge >= 0.3 is 5.97 Å². The first-order valence-corrected chi connectivity index (χ1v) is 12.8. The van der Waals surface area contributed by atoms with Crippen LogP contribution in [0.15, 0.2) is 84.9 Å². The van der Waals surface area contributed by atoms with E-state index in [1.807, 2.05) is 24.3 Å². The van der Waals surface area contributed by atoms with Gasteiger partial charge in [0, 0.05) is 24.5 Å². The lowest BCUT2D eigenvalue weighted by molar-refractivity contribution is 0.0734. The Morgan fingerprint density at radius 3 is 2.42 bits per heavy atom. The zero-order valence-corrected chi connectivity index (χ0v) is 20.4. The molecule has 4 aromatic rings. The predicted octanol–water partition coefficient (Wildman–Crippen LogP) is 5.38. The molecule has 7 heteroatoms. The van der Waals surface area contributed by atoms with Crippen LogP contribution in [0, 0.1) is 0 Å². The van der Waals surface area contributed by atoms with Crippen molar-refractivity contribution in [2.24, 2.45) is 0 Å². The number of fused-ring (bicyclic) bond motifs is 3. The highest BCUT2D eigenvalue weighted by Crippen LogP contribution is 2.41. The molecule has 6 rings (SSSR count). The van der Waals surface area contributed by atoms with E-state index in [-0.39, 0.29) is 12.1 Å². The zero-order valence-electron chi connectivity index (χ0n) is 19.6. The van der Waals surface area contributed by atoms with Crippen LogP contribution in [0.2, 0.25) is 0 Å². The minimum Gasteiger partial charge on any atom is -0.423 e. The van der Waals surface area contributed by atoms with Gasteiger partial charge in [-0.1, -0.05) is 60.7 Å². The molecule has 1 amide bonds. The number of carbonyl (C=O) groups excluding carboxylic acids is 2. The number of hydrogen-bond acceptors (Lipinski definition) is 6. The average Bonchev–Trinajstić information content (AvgIpc) is 3.28. The molecule has 6 nitrogen and oxygen atoms in total. The van der Waals surface area contributed by atoms with Crippen molar-refractivity contribution in [1.29, 1.82) is 0 Å². The molecule has 1 atom stereocenters. The van der Waals surface area contributed by atoms with Gasteiger partial charge in [0.05, 0.1) is 11.1 Å². The standard InChI is InChI=1S/C29H25N3O3S/c33-27-25-23-15-16-32(17-19-7-3-1-4-8-19)18-24(23)36-28(25)31-26(30-27)20-11-13-22(14-12-20)35-29(34)21-9-5-2-6-10-21/h1-14,26,31H,15-18H2,(H,30,33)/t26-/m0/s1. The number of nitrogens with zero attached hydrogens (tertiary/aromatic N) is 1. The highest BCUT2D eigenvalue weighted by molar-refractivity contribution is 7.16. The summed E-state index contributed by atoms with van der Waals surface area (Å²) in [6, 6.07) is 26.6. The van der Waals surface area contributed by atoms with E-state index in [0.717, 1.165) is 42.2 Å². The van der Waals surface area contributed by atoms with E-state index in [0.29, 0.717) is 11.3 Å². The second-order valence-electron chi connectivity index (χ2n) is 9.03. The van der Waals surface area contributed by atoms with Gasteiger partial charge in [0.1, 0.15) is 16.9 Å². The SMILES string of the molecule is O=C(Oc1ccc([C@H]2NC(=O)c3c(sc4c3CCN(Cc3ccccc3)C4)N2)cc1)c1ccccc1. The Balaban J connectivity index is 1.15. The lowest BCUT2D eigenvalue weighted by atomic mass is 10.00. The van der Waals surface area contributed by atoms with E-state index in [2.05, 4.69) is 39.8 Å². The van der Waals surface area contributed by atoms with Gasteiger partial charge in [-0.2, -0.15) is 0 Å². The summed E-state index contributed by atoms with van der Waals surface area (Å²) in [6.07, 6.45) is 0.527. The molecule has 1 aromatic heterocycles. The Bertz CT molecular complexity index is 1400. The number of thiophene rings is 1. The minimum absolute atomic E-state index is 0.0395. The number of carbonyl (C=O) groups is 2. The normalized spacial score (nSPS) is 16.9. The van der Waals surface area contributed by atoms with Crippen LogP contribution in [0.5, 0.6) is 5.75 Å². The third-order valence-electron chi connectivity index (χ3n) is 6.60. The summed E-state index contributed by atoms with van der Waals surface area (Å²) < 4.78 is 5.48. The minimum atomic E-state index is -0.400. The Labute approximate surface area is 213 Å². The van der Waals surface area contributed by atoms with Gasteiger partial charge in [-0.25, -0.2) is 4.79 Å². The number of ether oxygens (including phenoxy) is 1. The van der Waals surface area contributed by atoms with Crippen molar-refractivity contribution in [3.63, 3.8) is 0 Å². The number of esters is 1. The van der Waals surface area contributed by atoms with Gasteiger partial charge in [-0.15, -0.1) is 11.3 Å². The van der Waals surface area contributed by atoms with Gasteiger partial charge in [-0.05, 0) is 47.4 Å². The van der Waals surface area contributed by atoms with Crippen LogP contribution in [-0.4, -0.2) is 23.3 Å². The van der Waals surface area contributed by atoms with E-state index < -0.39 is 5.97 Å². The molecule has 0 bridgehead atoms. The van der Waals surface area contributed by atoms with Crippen LogP contribution in [0.4, 0.5) is 5.00 Å². The Morgan fingerprint density at radius 2 is 1.67 bits per heavy atom. The highest BCUT2D eigenvalue weighted by Gasteiger charge is 2.33. The highest BCUT2D eigenvalue weighted by atomic mass is 32.1. The third-order valence-corrected chi connectivity index (χ3v) is 7.74. The second-order valence-corrected chi connectivity index (χ2v) is 10.1. The van der Waals surface area contributed by atoms with Crippen LogP contribution in [0.3, 0.4) is 0 Å². The monoisotopic (exact) mass is 495 g/mol. The number of rotatable bonds is 5. The first-order chi connectivity index (χ1) is 17.6. The molecule has 2 aliphatic rings. The Kier molecular flexibility index (Phi) is 6.01. The van der Waals surface area contributed by atoms with E-state index in [1.165, 1.54) is 16.0 Å². The largest absolute Gasteiger partial charge is 0.423 e. The third kappa shape index (κ3) is 4.51. The molecule has 0 unspecified atom stereocenters. The van der Waals surface area contributed by atoms with Crippen LogP contribution in [-0.2, 0) is 19.5 Å².